The van der Waals surface area contributed by atoms with Crippen molar-refractivity contribution in [1.82, 2.24) is 10.2 Å². The summed E-state index contributed by atoms with van der Waals surface area (Å²) in [5.41, 5.74) is 0.943. The second-order valence-corrected chi connectivity index (χ2v) is 5.26. The molecule has 0 aliphatic carbocycles. The Morgan fingerprint density at radius 1 is 1.28 bits per heavy atom. The van der Waals surface area contributed by atoms with Gasteiger partial charge in [0.2, 0.25) is 0 Å². The minimum absolute atomic E-state index is 0.121. The number of carbonyl (C=O) groups excluding carboxylic acids is 2. The largest absolute Gasteiger partial charge is 0.326 e. The Labute approximate surface area is 114 Å². The maximum atomic E-state index is 12.0. The molecule has 1 fully saturated rings. The van der Waals surface area contributed by atoms with Crippen molar-refractivity contribution in [2.75, 3.05) is 0 Å². The van der Waals surface area contributed by atoms with E-state index in [0.717, 1.165) is 16.5 Å². The van der Waals surface area contributed by atoms with Crippen molar-refractivity contribution in [2.45, 2.75) is 32.4 Å². The van der Waals surface area contributed by atoms with E-state index < -0.39 is 0 Å². The van der Waals surface area contributed by atoms with E-state index in [4.69, 9.17) is 0 Å². The lowest BCUT2D eigenvalue weighted by Gasteiger charge is -2.13. The van der Waals surface area contributed by atoms with Gasteiger partial charge in [-0.25, -0.2) is 4.79 Å². The molecule has 1 saturated heterocycles. The Kier molecular flexibility index (Phi) is 4.01. The molecule has 0 saturated carbocycles. The summed E-state index contributed by atoms with van der Waals surface area (Å²) in [7, 11) is 0. The first-order valence-electron chi connectivity index (χ1n) is 5.98. The molecule has 96 valence electrons. The molecule has 1 N–H and O–H groups in total. The molecule has 4 nitrogen and oxygen atoms in total. The average molecular weight is 311 g/mol. The number of benzene rings is 1. The van der Waals surface area contributed by atoms with Gasteiger partial charge < -0.3 is 5.32 Å². The standard InChI is InChI=1S/C13H15BrN2O2/c1-2-3-11-12(17)16(13(18)15-11)8-9-4-6-10(14)7-5-9/h4-7,11H,2-3,8H2,1H3,(H,15,18). The van der Waals surface area contributed by atoms with Gasteiger partial charge in [-0.2, -0.15) is 0 Å². The normalized spacial score (nSPS) is 19.2. The zero-order valence-electron chi connectivity index (χ0n) is 10.1. The van der Waals surface area contributed by atoms with Gasteiger partial charge in [0.25, 0.3) is 5.91 Å². The van der Waals surface area contributed by atoms with Gasteiger partial charge in [0.1, 0.15) is 6.04 Å². The number of hydrogen-bond acceptors (Lipinski definition) is 2. The Hall–Kier alpha value is -1.36. The number of nitrogens with one attached hydrogen (secondary N) is 1. The fourth-order valence-corrected chi connectivity index (χ4v) is 2.25. The highest BCUT2D eigenvalue weighted by molar-refractivity contribution is 9.10. The molecule has 1 aliphatic rings. The van der Waals surface area contributed by atoms with Gasteiger partial charge >= 0.3 is 6.03 Å². The topological polar surface area (TPSA) is 49.4 Å². The third-order valence-corrected chi connectivity index (χ3v) is 3.47. The predicted molar refractivity (Wildman–Crippen MR) is 71.9 cm³/mol. The molecule has 1 heterocycles. The first-order chi connectivity index (χ1) is 8.61. The van der Waals surface area contributed by atoms with E-state index in [-0.39, 0.29) is 18.0 Å². The van der Waals surface area contributed by atoms with Gasteiger partial charge in [0.05, 0.1) is 6.54 Å². The SMILES string of the molecule is CCCC1NC(=O)N(Cc2ccc(Br)cc2)C1=O. The van der Waals surface area contributed by atoms with Crippen LogP contribution < -0.4 is 5.32 Å². The van der Waals surface area contributed by atoms with E-state index in [0.29, 0.717) is 13.0 Å². The zero-order valence-corrected chi connectivity index (χ0v) is 11.7. The molecule has 5 heteroatoms. The van der Waals surface area contributed by atoms with Crippen molar-refractivity contribution in [2.24, 2.45) is 0 Å². The molecule has 1 aliphatic heterocycles. The first-order valence-corrected chi connectivity index (χ1v) is 6.77. The number of urea groups is 1. The van der Waals surface area contributed by atoms with Crippen LogP contribution in [0, 0.1) is 0 Å². The van der Waals surface area contributed by atoms with Crippen LogP contribution in [0.3, 0.4) is 0 Å². The van der Waals surface area contributed by atoms with Gasteiger partial charge in [-0.05, 0) is 24.1 Å². The highest BCUT2D eigenvalue weighted by Crippen LogP contribution is 2.16. The van der Waals surface area contributed by atoms with Crippen LogP contribution in [0.15, 0.2) is 28.7 Å². The molecule has 0 spiro atoms. The van der Waals surface area contributed by atoms with Crippen molar-refractivity contribution in [3.63, 3.8) is 0 Å². The molecule has 1 unspecified atom stereocenters. The van der Waals surface area contributed by atoms with Crippen molar-refractivity contribution >= 4 is 27.9 Å². The van der Waals surface area contributed by atoms with E-state index in [1.165, 1.54) is 4.90 Å². The molecule has 0 bridgehead atoms. The predicted octanol–water partition coefficient (Wildman–Crippen LogP) is 2.67. The third kappa shape index (κ3) is 2.72. The second-order valence-electron chi connectivity index (χ2n) is 4.34. The summed E-state index contributed by atoms with van der Waals surface area (Å²) < 4.78 is 0.979. The fourth-order valence-electron chi connectivity index (χ4n) is 1.98. The summed E-state index contributed by atoms with van der Waals surface area (Å²) in [6.45, 7) is 2.33. The van der Waals surface area contributed by atoms with E-state index in [1.807, 2.05) is 31.2 Å². The lowest BCUT2D eigenvalue weighted by molar-refractivity contribution is -0.128. The average Bonchev–Trinajstić information content (AvgIpc) is 2.60. The minimum Gasteiger partial charge on any atom is -0.326 e. The van der Waals surface area contributed by atoms with Crippen molar-refractivity contribution in [1.29, 1.82) is 0 Å². The fraction of sp³-hybridized carbons (Fsp3) is 0.385. The summed E-state index contributed by atoms with van der Waals surface area (Å²) in [5.74, 6) is -0.121. The van der Waals surface area contributed by atoms with Gasteiger partial charge in [0, 0.05) is 4.47 Å². The molecule has 0 aromatic heterocycles. The first kappa shape index (κ1) is 13.1. The maximum absolute atomic E-state index is 12.0. The molecule has 0 radical (unpaired) electrons. The van der Waals surface area contributed by atoms with Crippen LogP contribution in [0.5, 0.6) is 0 Å². The molecule has 18 heavy (non-hydrogen) atoms. The smallest absolute Gasteiger partial charge is 0.325 e. The number of halogens is 1. The van der Waals surface area contributed by atoms with Crippen molar-refractivity contribution in [3.05, 3.63) is 34.3 Å². The van der Waals surface area contributed by atoms with Crippen LogP contribution in [0.2, 0.25) is 0 Å². The van der Waals surface area contributed by atoms with Gasteiger partial charge in [-0.1, -0.05) is 41.4 Å². The maximum Gasteiger partial charge on any atom is 0.325 e. The van der Waals surface area contributed by atoms with Gasteiger partial charge in [-0.3, -0.25) is 9.69 Å². The number of amides is 3. The molecule has 2 rings (SSSR count). The highest BCUT2D eigenvalue weighted by Gasteiger charge is 2.36. The summed E-state index contributed by atoms with van der Waals surface area (Å²) >= 11 is 3.35. The molecular weight excluding hydrogens is 296 g/mol. The van der Waals surface area contributed by atoms with Crippen LogP contribution >= 0.6 is 15.9 Å². The third-order valence-electron chi connectivity index (χ3n) is 2.94. The van der Waals surface area contributed by atoms with Crippen LogP contribution in [0.1, 0.15) is 25.3 Å². The monoisotopic (exact) mass is 310 g/mol. The Morgan fingerprint density at radius 2 is 1.94 bits per heavy atom. The van der Waals surface area contributed by atoms with Crippen LogP contribution in [-0.2, 0) is 11.3 Å². The van der Waals surface area contributed by atoms with E-state index in [1.54, 1.807) is 0 Å². The van der Waals surface area contributed by atoms with Crippen LogP contribution in [-0.4, -0.2) is 22.9 Å². The quantitative estimate of drug-likeness (QED) is 0.869. The second kappa shape index (κ2) is 5.52. The molecular formula is C13H15BrN2O2. The lowest BCUT2D eigenvalue weighted by Crippen LogP contribution is -2.30. The van der Waals surface area contributed by atoms with Gasteiger partial charge in [-0.15, -0.1) is 0 Å². The zero-order chi connectivity index (χ0) is 13.1. The Bertz CT molecular complexity index is 459. The summed E-state index contributed by atoms with van der Waals surface area (Å²) in [5, 5.41) is 2.71. The Balaban J connectivity index is 2.07. The van der Waals surface area contributed by atoms with E-state index >= 15 is 0 Å². The Morgan fingerprint density at radius 3 is 2.56 bits per heavy atom. The lowest BCUT2D eigenvalue weighted by atomic mass is 10.1. The molecule has 1 aromatic carbocycles. The number of nitrogens with zero attached hydrogens (tertiary/aromatic N) is 1. The van der Waals surface area contributed by atoms with Gasteiger partial charge in [0.15, 0.2) is 0 Å². The van der Waals surface area contributed by atoms with Crippen LogP contribution in [0.25, 0.3) is 0 Å². The summed E-state index contributed by atoms with van der Waals surface area (Å²) in [6, 6.07) is 6.96. The molecule has 1 atom stereocenters. The highest BCUT2D eigenvalue weighted by atomic mass is 79.9. The molecule has 1 aromatic rings. The van der Waals surface area contributed by atoms with Crippen LogP contribution in [0.4, 0.5) is 4.79 Å². The van der Waals surface area contributed by atoms with E-state index in [9.17, 15) is 9.59 Å². The summed E-state index contributed by atoms with van der Waals surface area (Å²) in [4.78, 5) is 25.0. The number of carbonyl (C=O) groups is 2. The number of imide groups is 1. The number of rotatable bonds is 4. The van der Waals surface area contributed by atoms with Crippen molar-refractivity contribution in [3.8, 4) is 0 Å². The number of hydrogen-bond donors (Lipinski definition) is 1. The van der Waals surface area contributed by atoms with E-state index in [2.05, 4.69) is 21.2 Å². The molecule has 3 amide bonds. The minimum atomic E-state index is -0.349. The summed E-state index contributed by atoms with van der Waals surface area (Å²) in [6.07, 6.45) is 1.57. The van der Waals surface area contributed by atoms with Crippen molar-refractivity contribution < 1.29 is 9.59 Å².